The van der Waals surface area contributed by atoms with E-state index in [1.54, 1.807) is 6.92 Å². The zero-order valence-corrected chi connectivity index (χ0v) is 24.2. The van der Waals surface area contributed by atoms with Crippen molar-refractivity contribution >= 4 is 5.97 Å². The molecule has 0 fully saturated rings. The van der Waals surface area contributed by atoms with Gasteiger partial charge in [-0.15, -0.1) is 0 Å². The summed E-state index contributed by atoms with van der Waals surface area (Å²) < 4.78 is 17.9. The molecule has 35 heavy (non-hydrogen) atoms. The number of rotatable bonds is 26. The van der Waals surface area contributed by atoms with Crippen LogP contribution in [0.1, 0.15) is 137 Å². The molecule has 0 radical (unpaired) electrons. The Bertz CT molecular complexity index is 460. The van der Waals surface area contributed by atoms with Gasteiger partial charge in [0.2, 0.25) is 0 Å². The molecular weight excluding hydrogens is 436 g/mol. The molecule has 0 N–H and O–H groups in total. The highest BCUT2D eigenvalue weighted by atomic mass is 16.6. The van der Waals surface area contributed by atoms with Crippen LogP contribution in [0.15, 0.2) is 12.2 Å². The van der Waals surface area contributed by atoms with Gasteiger partial charge in [-0.2, -0.15) is 0 Å². The highest BCUT2D eigenvalue weighted by Crippen LogP contribution is 2.20. The number of unbranched alkanes of at least 4 members (excludes halogenated alkanes) is 8. The molecule has 0 aromatic rings. The molecule has 0 aliphatic carbocycles. The van der Waals surface area contributed by atoms with Crippen molar-refractivity contribution in [3.8, 4) is 0 Å². The lowest BCUT2D eigenvalue weighted by atomic mass is 9.96. The monoisotopic (exact) mass is 496 g/mol. The molecular formula is C31H60O4. The van der Waals surface area contributed by atoms with Gasteiger partial charge >= 0.3 is 5.97 Å². The first-order chi connectivity index (χ1) is 17.0. The Labute approximate surface area is 219 Å². The van der Waals surface area contributed by atoms with Crippen molar-refractivity contribution in [3.05, 3.63) is 12.2 Å². The molecule has 0 saturated carbocycles. The standard InChI is InChI=1S/C31H60O4/c1-7-11-15-17-21-28(19-13-9-3)23-33-25-30(35-31(32)27(5)6)26-34-24-29(20-14-10-4)22-18-16-12-8-2/h28-30H,5,7-26H2,1-4,6H3. The molecule has 0 heterocycles. The Morgan fingerprint density at radius 1 is 0.600 bits per heavy atom. The topological polar surface area (TPSA) is 44.8 Å². The van der Waals surface area contributed by atoms with E-state index in [1.165, 1.54) is 103 Å². The van der Waals surface area contributed by atoms with E-state index in [-0.39, 0.29) is 12.1 Å². The smallest absolute Gasteiger partial charge is 0.333 e. The predicted molar refractivity (Wildman–Crippen MR) is 150 cm³/mol. The summed E-state index contributed by atoms with van der Waals surface area (Å²) in [6, 6.07) is 0. The third-order valence-electron chi connectivity index (χ3n) is 6.80. The Morgan fingerprint density at radius 2 is 1.00 bits per heavy atom. The highest BCUT2D eigenvalue weighted by Gasteiger charge is 2.18. The minimum atomic E-state index is -0.377. The second-order valence-corrected chi connectivity index (χ2v) is 10.6. The van der Waals surface area contributed by atoms with Gasteiger partial charge in [-0.1, -0.05) is 111 Å². The first kappa shape index (κ1) is 34.1. The number of hydrogen-bond acceptors (Lipinski definition) is 4. The molecule has 4 nitrogen and oxygen atoms in total. The van der Waals surface area contributed by atoms with E-state index in [0.29, 0.717) is 30.6 Å². The molecule has 2 unspecified atom stereocenters. The van der Waals surface area contributed by atoms with Crippen molar-refractivity contribution in [2.45, 2.75) is 143 Å². The second kappa shape index (κ2) is 24.8. The molecule has 2 atom stereocenters. The number of ether oxygens (including phenoxy) is 3. The van der Waals surface area contributed by atoms with Crippen LogP contribution in [-0.2, 0) is 19.0 Å². The Kier molecular flexibility index (Phi) is 24.2. The van der Waals surface area contributed by atoms with Crippen LogP contribution in [0.3, 0.4) is 0 Å². The zero-order valence-electron chi connectivity index (χ0n) is 24.2. The molecule has 0 saturated heterocycles. The van der Waals surface area contributed by atoms with Gasteiger partial charge in [0.25, 0.3) is 0 Å². The van der Waals surface area contributed by atoms with E-state index >= 15 is 0 Å². The molecule has 0 aromatic carbocycles. The van der Waals surface area contributed by atoms with Gasteiger partial charge < -0.3 is 14.2 Å². The van der Waals surface area contributed by atoms with Crippen LogP contribution in [0, 0.1) is 11.8 Å². The molecule has 0 spiro atoms. The molecule has 0 bridgehead atoms. The first-order valence-corrected chi connectivity index (χ1v) is 15.0. The van der Waals surface area contributed by atoms with Gasteiger partial charge in [0.05, 0.1) is 13.2 Å². The lowest BCUT2D eigenvalue weighted by Crippen LogP contribution is -2.30. The highest BCUT2D eigenvalue weighted by molar-refractivity contribution is 5.87. The lowest BCUT2D eigenvalue weighted by Gasteiger charge is -2.23. The number of esters is 1. The summed E-state index contributed by atoms with van der Waals surface area (Å²) >= 11 is 0. The van der Waals surface area contributed by atoms with Gasteiger partial charge in [-0.05, 0) is 44.4 Å². The Morgan fingerprint density at radius 3 is 1.37 bits per heavy atom. The lowest BCUT2D eigenvalue weighted by molar-refractivity contribution is -0.152. The summed E-state index contributed by atoms with van der Waals surface area (Å²) in [5, 5.41) is 0. The van der Waals surface area contributed by atoms with Gasteiger partial charge in [0.1, 0.15) is 6.10 Å². The molecule has 0 aromatic heterocycles. The minimum absolute atomic E-state index is 0.355. The van der Waals surface area contributed by atoms with Crippen LogP contribution < -0.4 is 0 Å². The number of carbonyl (C=O) groups is 1. The molecule has 0 rings (SSSR count). The van der Waals surface area contributed by atoms with Crippen LogP contribution in [0.25, 0.3) is 0 Å². The van der Waals surface area contributed by atoms with E-state index < -0.39 is 0 Å². The van der Waals surface area contributed by atoms with E-state index in [4.69, 9.17) is 14.2 Å². The van der Waals surface area contributed by atoms with Gasteiger partial charge in [-0.25, -0.2) is 4.79 Å². The maximum Gasteiger partial charge on any atom is 0.333 e. The molecule has 0 amide bonds. The van der Waals surface area contributed by atoms with Crippen molar-refractivity contribution in [2.75, 3.05) is 26.4 Å². The normalized spacial score (nSPS) is 14.0. The zero-order chi connectivity index (χ0) is 26.2. The average molecular weight is 497 g/mol. The summed E-state index contributed by atoms with van der Waals surface area (Å²) in [5.41, 5.74) is 0.420. The van der Waals surface area contributed by atoms with Crippen LogP contribution in [0.2, 0.25) is 0 Å². The third-order valence-corrected chi connectivity index (χ3v) is 6.80. The molecule has 0 aliphatic rings. The SMILES string of the molecule is C=C(C)C(=O)OC(COCC(CCCC)CCCCCC)COCC(CCCC)CCCCCC. The largest absolute Gasteiger partial charge is 0.454 e. The van der Waals surface area contributed by atoms with E-state index in [1.807, 2.05) is 0 Å². The Hall–Kier alpha value is -0.870. The summed E-state index contributed by atoms with van der Waals surface area (Å²) in [6.45, 7) is 16.7. The predicted octanol–water partition coefficient (Wildman–Crippen LogP) is 9.06. The molecule has 208 valence electrons. The fourth-order valence-electron chi connectivity index (χ4n) is 4.43. The third kappa shape index (κ3) is 21.0. The molecule has 4 heteroatoms. The van der Waals surface area contributed by atoms with Crippen molar-refractivity contribution in [2.24, 2.45) is 11.8 Å². The number of hydrogen-bond donors (Lipinski definition) is 0. The van der Waals surface area contributed by atoms with E-state index in [0.717, 1.165) is 13.2 Å². The first-order valence-electron chi connectivity index (χ1n) is 15.0. The number of carbonyl (C=O) groups excluding carboxylic acids is 1. The fourth-order valence-corrected chi connectivity index (χ4v) is 4.43. The van der Waals surface area contributed by atoms with E-state index in [9.17, 15) is 4.79 Å². The van der Waals surface area contributed by atoms with Crippen LogP contribution in [0.5, 0.6) is 0 Å². The second-order valence-electron chi connectivity index (χ2n) is 10.6. The summed E-state index contributed by atoms with van der Waals surface area (Å²) in [6.07, 6.45) is 19.8. The van der Waals surface area contributed by atoms with Gasteiger partial charge in [-0.3, -0.25) is 0 Å². The van der Waals surface area contributed by atoms with Crippen molar-refractivity contribution < 1.29 is 19.0 Å². The Balaban J connectivity index is 4.70. The quantitative estimate of drug-likeness (QED) is 0.0680. The minimum Gasteiger partial charge on any atom is -0.454 e. The summed E-state index contributed by atoms with van der Waals surface area (Å²) in [5.74, 6) is 0.824. The molecule has 0 aliphatic heterocycles. The van der Waals surface area contributed by atoms with Crippen LogP contribution in [0.4, 0.5) is 0 Å². The van der Waals surface area contributed by atoms with E-state index in [2.05, 4.69) is 34.3 Å². The summed E-state index contributed by atoms with van der Waals surface area (Å²) in [7, 11) is 0. The van der Waals surface area contributed by atoms with Crippen molar-refractivity contribution in [1.29, 1.82) is 0 Å². The van der Waals surface area contributed by atoms with Crippen molar-refractivity contribution in [1.82, 2.24) is 0 Å². The van der Waals surface area contributed by atoms with Crippen LogP contribution >= 0.6 is 0 Å². The maximum absolute atomic E-state index is 12.2. The average Bonchev–Trinajstić information content (AvgIpc) is 2.84. The summed E-state index contributed by atoms with van der Waals surface area (Å²) in [4.78, 5) is 12.2. The van der Waals surface area contributed by atoms with Crippen molar-refractivity contribution in [3.63, 3.8) is 0 Å². The van der Waals surface area contributed by atoms with Gasteiger partial charge in [0, 0.05) is 18.8 Å². The van der Waals surface area contributed by atoms with Gasteiger partial charge in [0.15, 0.2) is 0 Å². The van der Waals surface area contributed by atoms with Crippen LogP contribution in [-0.4, -0.2) is 38.5 Å². The maximum atomic E-state index is 12.2. The fraction of sp³-hybridized carbons (Fsp3) is 0.903.